The first-order valence-corrected chi connectivity index (χ1v) is 9.02. The molecule has 146 valence electrons. The van der Waals surface area contributed by atoms with Crippen LogP contribution in [0.3, 0.4) is 0 Å². The van der Waals surface area contributed by atoms with Gasteiger partial charge in [-0.2, -0.15) is 0 Å². The maximum absolute atomic E-state index is 12.3. The third-order valence-electron chi connectivity index (χ3n) is 4.23. The summed E-state index contributed by atoms with van der Waals surface area (Å²) in [6.45, 7) is 7.40. The van der Waals surface area contributed by atoms with Gasteiger partial charge in [-0.3, -0.25) is 4.79 Å². The summed E-state index contributed by atoms with van der Waals surface area (Å²) in [5.74, 6) is 0.560. The molecule has 27 heavy (non-hydrogen) atoms. The third kappa shape index (κ3) is 5.59. The maximum atomic E-state index is 12.3. The number of hydrogen-bond donors (Lipinski definition) is 2. The number of urea groups is 1. The molecular formula is C20H27N3O4. The van der Waals surface area contributed by atoms with E-state index in [0.29, 0.717) is 31.1 Å². The normalized spacial score (nSPS) is 11.7. The summed E-state index contributed by atoms with van der Waals surface area (Å²) in [5.41, 5.74) is 1.64. The van der Waals surface area contributed by atoms with E-state index in [9.17, 15) is 9.59 Å². The van der Waals surface area contributed by atoms with E-state index in [-0.39, 0.29) is 23.7 Å². The maximum Gasteiger partial charge on any atom is 0.321 e. The molecule has 7 heteroatoms. The van der Waals surface area contributed by atoms with Gasteiger partial charge in [0.15, 0.2) is 5.76 Å². The predicted molar refractivity (Wildman–Crippen MR) is 104 cm³/mol. The van der Waals surface area contributed by atoms with Gasteiger partial charge in [0.25, 0.3) is 5.91 Å². The first-order valence-electron chi connectivity index (χ1n) is 9.02. The van der Waals surface area contributed by atoms with Crippen LogP contribution in [0.4, 0.5) is 10.5 Å². The first-order chi connectivity index (χ1) is 13.0. The smallest absolute Gasteiger partial charge is 0.321 e. The monoisotopic (exact) mass is 373 g/mol. The summed E-state index contributed by atoms with van der Waals surface area (Å²) in [6, 6.07) is 10.4. The zero-order valence-corrected chi connectivity index (χ0v) is 16.2. The minimum atomic E-state index is -0.288. The summed E-state index contributed by atoms with van der Waals surface area (Å²) in [6.07, 6.45) is 0. The first kappa shape index (κ1) is 20.5. The Morgan fingerprint density at radius 3 is 2.37 bits per heavy atom. The van der Waals surface area contributed by atoms with Gasteiger partial charge >= 0.3 is 6.03 Å². The molecule has 7 nitrogen and oxygen atoms in total. The molecule has 0 radical (unpaired) electrons. The van der Waals surface area contributed by atoms with Crippen LogP contribution in [0, 0.1) is 0 Å². The molecule has 1 unspecified atom stereocenters. The molecule has 2 rings (SSSR count). The number of furan rings is 1. The van der Waals surface area contributed by atoms with E-state index in [0.717, 1.165) is 5.56 Å². The van der Waals surface area contributed by atoms with Crippen LogP contribution in [0.1, 0.15) is 48.7 Å². The second-order valence-corrected chi connectivity index (χ2v) is 6.12. The molecule has 0 saturated heterocycles. The van der Waals surface area contributed by atoms with E-state index in [2.05, 4.69) is 10.6 Å². The fourth-order valence-corrected chi connectivity index (χ4v) is 2.64. The number of rotatable bonds is 8. The number of ether oxygens (including phenoxy) is 1. The Hall–Kier alpha value is -2.80. The quantitative estimate of drug-likeness (QED) is 0.737. The molecule has 0 aliphatic rings. The Bertz CT molecular complexity index is 751. The van der Waals surface area contributed by atoms with E-state index in [1.807, 2.05) is 45.0 Å². The number of amides is 3. The van der Waals surface area contributed by atoms with Crippen LogP contribution in [-0.2, 0) is 11.3 Å². The van der Waals surface area contributed by atoms with Crippen molar-refractivity contribution in [2.75, 3.05) is 25.5 Å². The molecule has 1 aromatic heterocycles. The lowest BCUT2D eigenvalue weighted by atomic mass is 10.1. The number of hydrogen-bond acceptors (Lipinski definition) is 4. The van der Waals surface area contributed by atoms with Gasteiger partial charge in [-0.15, -0.1) is 0 Å². The summed E-state index contributed by atoms with van der Waals surface area (Å²) >= 11 is 0. The minimum absolute atomic E-state index is 0.126. The number of anilines is 1. The van der Waals surface area contributed by atoms with Crippen LogP contribution in [0.2, 0.25) is 0 Å². The summed E-state index contributed by atoms with van der Waals surface area (Å²) in [5, 5.41) is 5.76. The van der Waals surface area contributed by atoms with E-state index in [1.54, 1.807) is 24.1 Å². The molecule has 2 aromatic rings. The number of nitrogens with one attached hydrogen (secondary N) is 2. The van der Waals surface area contributed by atoms with Crippen molar-refractivity contribution >= 4 is 17.6 Å². The number of benzene rings is 1. The van der Waals surface area contributed by atoms with E-state index >= 15 is 0 Å². The van der Waals surface area contributed by atoms with Gasteiger partial charge in [-0.1, -0.05) is 12.1 Å². The highest BCUT2D eigenvalue weighted by molar-refractivity contribution is 5.92. The average Bonchev–Trinajstić information content (AvgIpc) is 3.12. The Morgan fingerprint density at radius 1 is 1.11 bits per heavy atom. The molecule has 0 spiro atoms. The Balaban J connectivity index is 1.95. The third-order valence-corrected chi connectivity index (χ3v) is 4.23. The zero-order chi connectivity index (χ0) is 19.8. The van der Waals surface area contributed by atoms with Crippen molar-refractivity contribution in [3.8, 4) is 0 Å². The number of carbonyl (C=O) groups is 2. The topological polar surface area (TPSA) is 83.8 Å². The molecule has 1 aromatic carbocycles. The zero-order valence-electron chi connectivity index (χ0n) is 16.2. The summed E-state index contributed by atoms with van der Waals surface area (Å²) < 4.78 is 10.4. The molecule has 0 aliphatic heterocycles. The van der Waals surface area contributed by atoms with Crippen LogP contribution in [0.5, 0.6) is 0 Å². The average molecular weight is 373 g/mol. The van der Waals surface area contributed by atoms with E-state index in [4.69, 9.17) is 9.15 Å². The van der Waals surface area contributed by atoms with Gasteiger partial charge in [-0.25, -0.2) is 4.79 Å². The van der Waals surface area contributed by atoms with Crippen LogP contribution in [0.25, 0.3) is 0 Å². The summed E-state index contributed by atoms with van der Waals surface area (Å²) in [4.78, 5) is 26.1. The number of methoxy groups -OCH3 is 1. The fourth-order valence-electron chi connectivity index (χ4n) is 2.64. The van der Waals surface area contributed by atoms with Gasteiger partial charge in [0.1, 0.15) is 12.4 Å². The summed E-state index contributed by atoms with van der Waals surface area (Å²) in [7, 11) is 1.57. The Kier molecular flexibility index (Phi) is 7.43. The molecule has 0 fully saturated rings. The van der Waals surface area contributed by atoms with Crippen LogP contribution in [-0.4, -0.2) is 37.0 Å². The van der Waals surface area contributed by atoms with Crippen molar-refractivity contribution in [3.63, 3.8) is 0 Å². The Morgan fingerprint density at radius 2 is 1.78 bits per heavy atom. The highest BCUT2D eigenvalue weighted by atomic mass is 16.5. The predicted octanol–water partition coefficient (Wildman–Crippen LogP) is 3.79. The van der Waals surface area contributed by atoms with Gasteiger partial charge in [0.05, 0.1) is 6.04 Å². The second-order valence-electron chi connectivity index (χ2n) is 6.12. The van der Waals surface area contributed by atoms with Crippen LogP contribution >= 0.6 is 0 Å². The fraction of sp³-hybridized carbons (Fsp3) is 0.400. The molecule has 0 saturated carbocycles. The second kappa shape index (κ2) is 9.78. The van der Waals surface area contributed by atoms with Crippen LogP contribution in [0.15, 0.2) is 40.8 Å². The molecule has 1 heterocycles. The standard InChI is InChI=1S/C20H27N3O4/c1-5-23(6-2)20(25)22-16-9-7-15(8-10-16)14(3)21-19(24)18-12-11-17(27-18)13-26-4/h7-12,14H,5-6,13H2,1-4H3,(H,21,24)(H,22,25). The highest BCUT2D eigenvalue weighted by Gasteiger charge is 2.15. The van der Waals surface area contributed by atoms with Crippen molar-refractivity contribution in [2.45, 2.75) is 33.4 Å². The number of carbonyl (C=O) groups excluding carboxylic acids is 2. The van der Waals surface area contributed by atoms with Gasteiger partial charge in [0.2, 0.25) is 0 Å². The van der Waals surface area contributed by atoms with Gasteiger partial charge in [-0.05, 0) is 50.6 Å². The van der Waals surface area contributed by atoms with Crippen molar-refractivity contribution in [2.24, 2.45) is 0 Å². The van der Waals surface area contributed by atoms with E-state index < -0.39 is 0 Å². The Labute approximate surface area is 159 Å². The molecular weight excluding hydrogens is 346 g/mol. The number of nitrogens with zero attached hydrogens (tertiary/aromatic N) is 1. The molecule has 1 atom stereocenters. The van der Waals surface area contributed by atoms with Crippen molar-refractivity contribution < 1.29 is 18.7 Å². The van der Waals surface area contributed by atoms with Crippen molar-refractivity contribution in [1.82, 2.24) is 10.2 Å². The SMILES string of the molecule is CCN(CC)C(=O)Nc1ccc(C(C)NC(=O)c2ccc(COC)o2)cc1. The largest absolute Gasteiger partial charge is 0.453 e. The van der Waals surface area contributed by atoms with E-state index in [1.165, 1.54) is 0 Å². The van der Waals surface area contributed by atoms with Crippen LogP contribution < -0.4 is 10.6 Å². The molecule has 3 amide bonds. The molecule has 0 aliphatic carbocycles. The van der Waals surface area contributed by atoms with Gasteiger partial charge < -0.3 is 24.7 Å². The lowest BCUT2D eigenvalue weighted by molar-refractivity contribution is 0.0903. The van der Waals surface area contributed by atoms with Gasteiger partial charge in [0, 0.05) is 25.9 Å². The molecule has 2 N–H and O–H groups in total. The lowest BCUT2D eigenvalue weighted by Crippen LogP contribution is -2.34. The molecule has 0 bridgehead atoms. The van der Waals surface area contributed by atoms with Crippen molar-refractivity contribution in [1.29, 1.82) is 0 Å². The minimum Gasteiger partial charge on any atom is -0.453 e. The van der Waals surface area contributed by atoms with Crippen molar-refractivity contribution in [3.05, 3.63) is 53.5 Å². The highest BCUT2D eigenvalue weighted by Crippen LogP contribution is 2.18. The lowest BCUT2D eigenvalue weighted by Gasteiger charge is -2.19.